The zero-order valence-electron chi connectivity index (χ0n) is 14.6. The van der Waals surface area contributed by atoms with Crippen LogP contribution in [0.3, 0.4) is 0 Å². The highest BCUT2D eigenvalue weighted by Crippen LogP contribution is 2.17. The second-order valence-corrected chi connectivity index (χ2v) is 6.62. The van der Waals surface area contributed by atoms with Gasteiger partial charge < -0.3 is 14.8 Å². The summed E-state index contributed by atoms with van der Waals surface area (Å²) in [6.45, 7) is 1.30. The highest BCUT2D eigenvalue weighted by molar-refractivity contribution is 7.99. The van der Waals surface area contributed by atoms with E-state index in [0.717, 1.165) is 36.6 Å². The van der Waals surface area contributed by atoms with Crippen molar-refractivity contribution in [3.63, 3.8) is 0 Å². The van der Waals surface area contributed by atoms with Gasteiger partial charge in [-0.1, -0.05) is 30.3 Å². The van der Waals surface area contributed by atoms with Crippen molar-refractivity contribution in [2.75, 3.05) is 31.8 Å². The number of methoxy groups -OCH3 is 1. The number of carbonyl (C=O) groups excluding carboxylic acids is 1. The molecule has 0 unspecified atom stereocenters. The lowest BCUT2D eigenvalue weighted by Gasteiger charge is -2.07. The predicted molar refractivity (Wildman–Crippen MR) is 104 cm³/mol. The summed E-state index contributed by atoms with van der Waals surface area (Å²) in [5.41, 5.74) is 1.31. The molecule has 25 heavy (non-hydrogen) atoms. The zero-order valence-corrected chi connectivity index (χ0v) is 15.4. The molecule has 0 heterocycles. The van der Waals surface area contributed by atoms with Crippen LogP contribution in [0.2, 0.25) is 0 Å². The van der Waals surface area contributed by atoms with E-state index in [1.54, 1.807) is 18.9 Å². The lowest BCUT2D eigenvalue weighted by atomic mass is 10.1. The predicted octanol–water partition coefficient (Wildman–Crippen LogP) is 3.56. The van der Waals surface area contributed by atoms with Crippen LogP contribution >= 0.6 is 11.8 Å². The summed E-state index contributed by atoms with van der Waals surface area (Å²) in [7, 11) is 1.64. The number of aryl methyl sites for hydroxylation is 1. The molecule has 0 aliphatic heterocycles. The summed E-state index contributed by atoms with van der Waals surface area (Å²) < 4.78 is 10.7. The van der Waals surface area contributed by atoms with Gasteiger partial charge in [-0.25, -0.2) is 0 Å². The number of nitrogens with one attached hydrogen (secondary N) is 1. The molecule has 5 heteroatoms. The fraction of sp³-hybridized carbons (Fsp3) is 0.350. The second-order valence-electron chi connectivity index (χ2n) is 5.52. The largest absolute Gasteiger partial charge is 0.497 e. The van der Waals surface area contributed by atoms with Crippen molar-refractivity contribution in [1.82, 2.24) is 5.32 Å². The molecule has 0 spiro atoms. The summed E-state index contributed by atoms with van der Waals surface area (Å²) in [6.07, 6.45) is 1.95. The Morgan fingerprint density at radius 2 is 1.76 bits per heavy atom. The Bertz CT molecular complexity index is 617. The number of hydrogen-bond donors (Lipinski definition) is 1. The number of rotatable bonds is 11. The normalized spacial score (nSPS) is 10.3. The average Bonchev–Trinajstić information content (AvgIpc) is 2.66. The SMILES string of the molecule is COc1ccc(OCCSCC(=O)NCCCc2ccccc2)cc1. The smallest absolute Gasteiger partial charge is 0.229 e. The minimum Gasteiger partial charge on any atom is -0.497 e. The van der Waals surface area contributed by atoms with Gasteiger partial charge in [0.05, 0.1) is 19.5 Å². The molecule has 0 aliphatic rings. The molecule has 2 aromatic rings. The summed E-state index contributed by atoms with van der Waals surface area (Å²) in [5.74, 6) is 2.96. The Hall–Kier alpha value is -2.14. The van der Waals surface area contributed by atoms with Gasteiger partial charge in [0.1, 0.15) is 11.5 Å². The third kappa shape index (κ3) is 7.98. The zero-order chi connectivity index (χ0) is 17.7. The quantitative estimate of drug-likeness (QED) is 0.623. The van der Waals surface area contributed by atoms with Crippen molar-refractivity contribution < 1.29 is 14.3 Å². The monoisotopic (exact) mass is 359 g/mol. The molecule has 134 valence electrons. The number of carbonyl (C=O) groups is 1. The van der Waals surface area contributed by atoms with Gasteiger partial charge in [-0.15, -0.1) is 11.8 Å². The van der Waals surface area contributed by atoms with Gasteiger partial charge in [0.2, 0.25) is 5.91 Å². The first-order valence-corrected chi connectivity index (χ1v) is 9.58. The number of hydrogen-bond acceptors (Lipinski definition) is 4. The highest BCUT2D eigenvalue weighted by atomic mass is 32.2. The summed E-state index contributed by atoms with van der Waals surface area (Å²) in [5, 5.41) is 2.96. The van der Waals surface area contributed by atoms with E-state index in [2.05, 4.69) is 17.4 Å². The first-order valence-electron chi connectivity index (χ1n) is 8.43. The van der Waals surface area contributed by atoms with Crippen LogP contribution in [0.25, 0.3) is 0 Å². The van der Waals surface area contributed by atoms with Crippen molar-refractivity contribution in [3.8, 4) is 11.5 Å². The molecule has 0 saturated carbocycles. The summed E-state index contributed by atoms with van der Waals surface area (Å²) >= 11 is 1.58. The van der Waals surface area contributed by atoms with Crippen LogP contribution in [-0.4, -0.2) is 37.7 Å². The molecule has 4 nitrogen and oxygen atoms in total. The molecule has 0 aliphatic carbocycles. The Kier molecular flexibility index (Phi) is 8.77. The minimum absolute atomic E-state index is 0.0857. The second kappa shape index (κ2) is 11.4. The van der Waals surface area contributed by atoms with Gasteiger partial charge in [-0.2, -0.15) is 0 Å². The van der Waals surface area contributed by atoms with Crippen molar-refractivity contribution in [1.29, 1.82) is 0 Å². The molecule has 0 atom stereocenters. The molecule has 0 bridgehead atoms. The Balaban J connectivity index is 1.47. The van der Waals surface area contributed by atoms with Crippen LogP contribution < -0.4 is 14.8 Å². The van der Waals surface area contributed by atoms with E-state index in [0.29, 0.717) is 12.4 Å². The van der Waals surface area contributed by atoms with Gasteiger partial charge in [0.15, 0.2) is 0 Å². The topological polar surface area (TPSA) is 47.6 Å². The standard InChI is InChI=1S/C20H25NO3S/c1-23-18-9-11-19(12-10-18)24-14-15-25-16-20(22)21-13-5-8-17-6-3-2-4-7-17/h2-4,6-7,9-12H,5,8,13-16H2,1H3,(H,21,22). The molecule has 0 fully saturated rings. The lowest BCUT2D eigenvalue weighted by molar-refractivity contribution is -0.118. The van der Waals surface area contributed by atoms with E-state index in [9.17, 15) is 4.79 Å². The minimum atomic E-state index is 0.0857. The van der Waals surface area contributed by atoms with E-state index >= 15 is 0 Å². The van der Waals surface area contributed by atoms with Gasteiger partial charge >= 0.3 is 0 Å². The van der Waals surface area contributed by atoms with E-state index in [-0.39, 0.29) is 5.91 Å². The molecule has 2 rings (SSSR count). The number of benzene rings is 2. The summed E-state index contributed by atoms with van der Waals surface area (Å²) in [4.78, 5) is 11.8. The van der Waals surface area contributed by atoms with Crippen molar-refractivity contribution >= 4 is 17.7 Å². The number of amides is 1. The first kappa shape index (κ1) is 19.2. The van der Waals surface area contributed by atoms with E-state index in [4.69, 9.17) is 9.47 Å². The van der Waals surface area contributed by atoms with Crippen molar-refractivity contribution in [2.24, 2.45) is 0 Å². The van der Waals surface area contributed by atoms with Crippen LogP contribution in [0, 0.1) is 0 Å². The molecule has 2 aromatic carbocycles. The molecule has 1 N–H and O–H groups in total. The first-order chi connectivity index (χ1) is 12.3. The maximum atomic E-state index is 11.8. The highest BCUT2D eigenvalue weighted by Gasteiger charge is 2.02. The number of ether oxygens (including phenoxy) is 2. The van der Waals surface area contributed by atoms with E-state index < -0.39 is 0 Å². The summed E-state index contributed by atoms with van der Waals surface area (Å²) in [6, 6.07) is 17.8. The van der Waals surface area contributed by atoms with Crippen LogP contribution in [0.4, 0.5) is 0 Å². The number of thioether (sulfide) groups is 1. The van der Waals surface area contributed by atoms with Gasteiger partial charge in [0.25, 0.3) is 0 Å². The average molecular weight is 359 g/mol. The van der Waals surface area contributed by atoms with Crippen LogP contribution in [0.5, 0.6) is 11.5 Å². The Morgan fingerprint density at radius 1 is 1.04 bits per heavy atom. The fourth-order valence-electron chi connectivity index (χ4n) is 2.27. The Labute approximate surface area is 153 Å². The van der Waals surface area contributed by atoms with Crippen LogP contribution in [-0.2, 0) is 11.2 Å². The molecule has 0 radical (unpaired) electrons. The molecular weight excluding hydrogens is 334 g/mol. The van der Waals surface area contributed by atoms with Crippen molar-refractivity contribution in [3.05, 3.63) is 60.2 Å². The molecular formula is C20H25NO3S. The molecule has 1 amide bonds. The molecule has 0 aromatic heterocycles. The Morgan fingerprint density at radius 3 is 2.48 bits per heavy atom. The van der Waals surface area contributed by atoms with E-state index in [1.165, 1.54) is 5.56 Å². The lowest BCUT2D eigenvalue weighted by Crippen LogP contribution is -2.26. The fourth-order valence-corrected chi connectivity index (χ4v) is 2.90. The van der Waals surface area contributed by atoms with Gasteiger partial charge in [-0.05, 0) is 42.7 Å². The maximum absolute atomic E-state index is 11.8. The van der Waals surface area contributed by atoms with Crippen LogP contribution in [0.1, 0.15) is 12.0 Å². The van der Waals surface area contributed by atoms with E-state index in [1.807, 2.05) is 42.5 Å². The van der Waals surface area contributed by atoms with Crippen molar-refractivity contribution in [2.45, 2.75) is 12.8 Å². The van der Waals surface area contributed by atoms with Gasteiger partial charge in [0, 0.05) is 12.3 Å². The third-order valence-corrected chi connectivity index (χ3v) is 4.52. The molecule has 0 saturated heterocycles. The van der Waals surface area contributed by atoms with Crippen LogP contribution in [0.15, 0.2) is 54.6 Å². The maximum Gasteiger partial charge on any atom is 0.229 e. The third-order valence-electron chi connectivity index (χ3n) is 3.60. The van der Waals surface area contributed by atoms with Gasteiger partial charge in [-0.3, -0.25) is 4.79 Å².